The molecule has 1 fully saturated rings. The molecule has 0 bridgehead atoms. The van der Waals surface area contributed by atoms with Crippen LogP contribution in [0.3, 0.4) is 0 Å². The third-order valence-corrected chi connectivity index (χ3v) is 6.02. The van der Waals surface area contributed by atoms with Gasteiger partial charge in [-0.1, -0.05) is 37.6 Å². The lowest BCUT2D eigenvalue weighted by Gasteiger charge is -2.19. The predicted octanol–water partition coefficient (Wildman–Crippen LogP) is 4.34. The van der Waals surface area contributed by atoms with Crippen LogP contribution in [0.2, 0.25) is 0 Å². The Labute approximate surface area is 177 Å². The predicted molar refractivity (Wildman–Crippen MR) is 116 cm³/mol. The third-order valence-electron chi connectivity index (χ3n) is 6.02. The number of unbranched alkanes of at least 4 members (excludes halogenated alkanes) is 1. The SMILES string of the molecule is CCCCN(C)C(=O)c1nc2ccccn2c1CN1CC[C@@H](c2ccccc2F)C1. The molecule has 3 heterocycles. The molecule has 30 heavy (non-hydrogen) atoms. The monoisotopic (exact) mass is 408 g/mol. The van der Waals surface area contributed by atoms with Gasteiger partial charge in [0.2, 0.25) is 0 Å². The summed E-state index contributed by atoms with van der Waals surface area (Å²) in [5.74, 6) is 0.0105. The molecule has 0 saturated carbocycles. The van der Waals surface area contributed by atoms with Gasteiger partial charge in [-0.3, -0.25) is 9.69 Å². The van der Waals surface area contributed by atoms with Crippen LogP contribution in [0.25, 0.3) is 5.65 Å². The summed E-state index contributed by atoms with van der Waals surface area (Å²) in [4.78, 5) is 21.9. The number of aromatic nitrogens is 2. The van der Waals surface area contributed by atoms with Crippen molar-refractivity contribution >= 4 is 11.6 Å². The minimum atomic E-state index is -0.132. The number of amides is 1. The summed E-state index contributed by atoms with van der Waals surface area (Å²) in [6.45, 7) is 5.12. The van der Waals surface area contributed by atoms with Gasteiger partial charge in [0.15, 0.2) is 5.69 Å². The number of hydrogen-bond donors (Lipinski definition) is 0. The summed E-state index contributed by atoms with van der Waals surface area (Å²) in [6, 6.07) is 12.9. The van der Waals surface area contributed by atoms with E-state index in [0.717, 1.165) is 55.8 Å². The molecule has 1 aliphatic heterocycles. The van der Waals surface area contributed by atoms with Gasteiger partial charge in [-0.15, -0.1) is 0 Å². The molecule has 1 amide bonds. The van der Waals surface area contributed by atoms with Crippen molar-refractivity contribution in [2.45, 2.75) is 38.6 Å². The molecule has 4 rings (SSSR count). The maximum absolute atomic E-state index is 14.2. The highest BCUT2D eigenvalue weighted by Gasteiger charge is 2.29. The van der Waals surface area contributed by atoms with Gasteiger partial charge in [0.25, 0.3) is 5.91 Å². The van der Waals surface area contributed by atoms with E-state index >= 15 is 0 Å². The Morgan fingerprint density at radius 2 is 2.03 bits per heavy atom. The Hall–Kier alpha value is -2.73. The first-order valence-electron chi connectivity index (χ1n) is 10.8. The van der Waals surface area contributed by atoms with Crippen molar-refractivity contribution in [3.63, 3.8) is 0 Å². The highest BCUT2D eigenvalue weighted by Crippen LogP contribution is 2.30. The fourth-order valence-electron chi connectivity index (χ4n) is 4.29. The van der Waals surface area contributed by atoms with Crippen molar-refractivity contribution in [1.29, 1.82) is 0 Å². The summed E-state index contributed by atoms with van der Waals surface area (Å²) < 4.78 is 16.2. The summed E-state index contributed by atoms with van der Waals surface area (Å²) in [5, 5.41) is 0. The number of pyridine rings is 1. The molecule has 1 saturated heterocycles. The van der Waals surface area contributed by atoms with Gasteiger partial charge in [0.05, 0.1) is 5.69 Å². The average molecular weight is 409 g/mol. The molecule has 0 radical (unpaired) electrons. The van der Waals surface area contributed by atoms with Gasteiger partial charge in [-0.25, -0.2) is 9.37 Å². The molecule has 0 aliphatic carbocycles. The second kappa shape index (κ2) is 8.96. The number of carbonyl (C=O) groups excluding carboxylic acids is 1. The number of fused-ring (bicyclic) bond motifs is 1. The van der Waals surface area contributed by atoms with E-state index in [0.29, 0.717) is 12.2 Å². The second-order valence-corrected chi connectivity index (χ2v) is 8.16. The molecule has 1 aliphatic rings. The van der Waals surface area contributed by atoms with Crippen molar-refractivity contribution in [1.82, 2.24) is 19.2 Å². The van der Waals surface area contributed by atoms with Crippen LogP contribution in [0.4, 0.5) is 4.39 Å². The molecule has 5 nitrogen and oxygen atoms in total. The molecule has 158 valence electrons. The maximum atomic E-state index is 14.2. The number of rotatable bonds is 7. The topological polar surface area (TPSA) is 40.9 Å². The first-order valence-corrected chi connectivity index (χ1v) is 10.8. The number of likely N-dealkylation sites (tertiary alicyclic amines) is 1. The lowest BCUT2D eigenvalue weighted by molar-refractivity contribution is 0.0786. The minimum Gasteiger partial charge on any atom is -0.340 e. The Morgan fingerprint density at radius 3 is 2.83 bits per heavy atom. The largest absolute Gasteiger partial charge is 0.340 e. The fraction of sp³-hybridized carbons (Fsp3) is 0.417. The first kappa shape index (κ1) is 20.5. The van der Waals surface area contributed by atoms with E-state index in [2.05, 4.69) is 16.8 Å². The smallest absolute Gasteiger partial charge is 0.274 e. The zero-order valence-electron chi connectivity index (χ0n) is 17.7. The van der Waals surface area contributed by atoms with Crippen molar-refractivity contribution in [3.05, 3.63) is 71.4 Å². The summed E-state index contributed by atoms with van der Waals surface area (Å²) in [7, 11) is 1.84. The second-order valence-electron chi connectivity index (χ2n) is 8.16. The molecule has 3 aromatic rings. The standard InChI is InChI=1S/C24H29FN4O/c1-3-4-13-27(2)24(30)23-21(29-14-8-7-11-22(29)26-23)17-28-15-12-18(16-28)19-9-5-6-10-20(19)25/h5-11,14,18H,3-4,12-13,15-17H2,1-2H3/t18-/m1/s1. The van der Waals surface area contributed by atoms with Crippen molar-refractivity contribution < 1.29 is 9.18 Å². The van der Waals surface area contributed by atoms with Gasteiger partial charge >= 0.3 is 0 Å². The normalized spacial score (nSPS) is 17.0. The molecule has 6 heteroatoms. The molecule has 2 aromatic heterocycles. The van der Waals surface area contributed by atoms with Gasteiger partial charge in [-0.2, -0.15) is 0 Å². The van der Waals surface area contributed by atoms with Crippen LogP contribution < -0.4 is 0 Å². The van der Waals surface area contributed by atoms with E-state index in [1.165, 1.54) is 6.07 Å². The third kappa shape index (κ3) is 4.10. The van der Waals surface area contributed by atoms with Crippen LogP contribution >= 0.6 is 0 Å². The molecular formula is C24H29FN4O. The van der Waals surface area contributed by atoms with Crippen molar-refractivity contribution in [3.8, 4) is 0 Å². The van der Waals surface area contributed by atoms with E-state index in [9.17, 15) is 9.18 Å². The van der Waals surface area contributed by atoms with Crippen LogP contribution in [0, 0.1) is 5.82 Å². The quantitative estimate of drug-likeness (QED) is 0.584. The number of imidazole rings is 1. The van der Waals surface area contributed by atoms with E-state index in [4.69, 9.17) is 0 Å². The number of nitrogens with zero attached hydrogens (tertiary/aromatic N) is 4. The highest BCUT2D eigenvalue weighted by atomic mass is 19.1. The van der Waals surface area contributed by atoms with Gasteiger partial charge in [0.1, 0.15) is 11.5 Å². The molecule has 0 N–H and O–H groups in total. The van der Waals surface area contributed by atoms with Gasteiger partial charge in [-0.05, 0) is 43.1 Å². The molecular weight excluding hydrogens is 379 g/mol. The zero-order chi connectivity index (χ0) is 21.1. The van der Waals surface area contributed by atoms with E-state index < -0.39 is 0 Å². The lowest BCUT2D eigenvalue weighted by Crippen LogP contribution is -2.30. The number of carbonyl (C=O) groups is 1. The molecule has 0 unspecified atom stereocenters. The minimum absolute atomic E-state index is 0.0352. The fourth-order valence-corrected chi connectivity index (χ4v) is 4.29. The lowest BCUT2D eigenvalue weighted by atomic mass is 9.98. The molecule has 0 spiro atoms. The maximum Gasteiger partial charge on any atom is 0.274 e. The highest BCUT2D eigenvalue weighted by molar-refractivity contribution is 5.94. The number of benzene rings is 1. The van der Waals surface area contributed by atoms with Gasteiger partial charge in [0, 0.05) is 38.8 Å². The summed E-state index contributed by atoms with van der Waals surface area (Å²) >= 11 is 0. The number of hydrogen-bond acceptors (Lipinski definition) is 3. The summed E-state index contributed by atoms with van der Waals surface area (Å²) in [6.07, 6.45) is 4.89. The summed E-state index contributed by atoms with van der Waals surface area (Å²) in [5.41, 5.74) is 3.00. The van der Waals surface area contributed by atoms with E-state index in [1.54, 1.807) is 11.0 Å². The Balaban J connectivity index is 1.58. The van der Waals surface area contributed by atoms with Crippen molar-refractivity contribution in [2.24, 2.45) is 0 Å². The van der Waals surface area contributed by atoms with Crippen LogP contribution in [0.5, 0.6) is 0 Å². The van der Waals surface area contributed by atoms with Gasteiger partial charge < -0.3 is 9.30 Å². The molecule has 1 atom stereocenters. The Morgan fingerprint density at radius 1 is 1.23 bits per heavy atom. The van der Waals surface area contributed by atoms with Crippen molar-refractivity contribution in [2.75, 3.05) is 26.7 Å². The molecule has 1 aromatic carbocycles. The van der Waals surface area contributed by atoms with Crippen LogP contribution in [-0.4, -0.2) is 51.8 Å². The van der Waals surface area contributed by atoms with E-state index in [-0.39, 0.29) is 17.6 Å². The zero-order valence-corrected chi connectivity index (χ0v) is 17.7. The van der Waals surface area contributed by atoms with E-state index in [1.807, 2.05) is 48.0 Å². The van der Waals surface area contributed by atoms with Crippen LogP contribution in [0.15, 0.2) is 48.7 Å². The Bertz CT molecular complexity index is 1030. The average Bonchev–Trinajstić information content (AvgIpc) is 3.37. The number of halogens is 1. The first-order chi connectivity index (χ1) is 14.6. The van der Waals surface area contributed by atoms with Crippen LogP contribution in [-0.2, 0) is 6.54 Å². The Kier molecular flexibility index (Phi) is 6.13. The van der Waals surface area contributed by atoms with Crippen LogP contribution in [0.1, 0.15) is 53.8 Å².